The second-order valence-electron chi connectivity index (χ2n) is 3.14. The number of primary amides is 1. The molecule has 0 aliphatic rings. The number of amides is 2. The van der Waals surface area contributed by atoms with E-state index < -0.39 is 5.91 Å². The number of nitrogens with one attached hydrogen (secondary N) is 1. The summed E-state index contributed by atoms with van der Waals surface area (Å²) in [7, 11) is 0. The van der Waals surface area contributed by atoms with Gasteiger partial charge in [0.2, 0.25) is 11.8 Å². The molecule has 1 aromatic carbocycles. The molecule has 0 aliphatic heterocycles. The lowest BCUT2D eigenvalue weighted by Gasteiger charge is -2.06. The molecule has 0 saturated carbocycles. The van der Waals surface area contributed by atoms with Gasteiger partial charge in [-0.15, -0.1) is 0 Å². The molecule has 0 spiro atoms. The van der Waals surface area contributed by atoms with Gasteiger partial charge in [0.05, 0.1) is 10.7 Å². The highest BCUT2D eigenvalue weighted by atomic mass is 35.5. The first-order chi connectivity index (χ1) is 7.49. The molecular formula is C10H10Cl2N2O2. The van der Waals surface area contributed by atoms with Crippen molar-refractivity contribution in [2.75, 3.05) is 5.32 Å². The first kappa shape index (κ1) is 12.8. The molecule has 0 bridgehead atoms. The Bertz CT molecular complexity index is 421. The Morgan fingerprint density at radius 2 is 1.94 bits per heavy atom. The van der Waals surface area contributed by atoms with Crippen molar-refractivity contribution >= 4 is 40.7 Å². The quantitative estimate of drug-likeness (QED) is 0.871. The van der Waals surface area contributed by atoms with E-state index in [1.165, 1.54) is 6.07 Å². The summed E-state index contributed by atoms with van der Waals surface area (Å²) >= 11 is 11.6. The van der Waals surface area contributed by atoms with Gasteiger partial charge in [0.1, 0.15) is 0 Å². The lowest BCUT2D eigenvalue weighted by Crippen LogP contribution is -2.17. The summed E-state index contributed by atoms with van der Waals surface area (Å²) in [5, 5.41) is 3.40. The molecule has 0 aromatic heterocycles. The van der Waals surface area contributed by atoms with E-state index in [2.05, 4.69) is 5.32 Å². The molecule has 1 rings (SSSR count). The summed E-state index contributed by atoms with van der Waals surface area (Å²) < 4.78 is 0. The van der Waals surface area contributed by atoms with E-state index in [1.807, 2.05) is 0 Å². The van der Waals surface area contributed by atoms with Crippen LogP contribution in [-0.2, 0) is 9.59 Å². The van der Waals surface area contributed by atoms with Crippen LogP contribution in [0.4, 0.5) is 5.69 Å². The molecule has 0 atom stereocenters. The Morgan fingerprint density at radius 3 is 2.56 bits per heavy atom. The van der Waals surface area contributed by atoms with E-state index in [9.17, 15) is 9.59 Å². The van der Waals surface area contributed by atoms with Crippen molar-refractivity contribution in [3.05, 3.63) is 28.2 Å². The number of carbonyl (C=O) groups excluding carboxylic acids is 2. The average Bonchev–Trinajstić information content (AvgIpc) is 2.20. The summed E-state index contributed by atoms with van der Waals surface area (Å²) in [6.45, 7) is 0. The lowest BCUT2D eigenvalue weighted by atomic mass is 10.2. The van der Waals surface area contributed by atoms with Crippen molar-refractivity contribution in [2.24, 2.45) is 5.73 Å². The second-order valence-corrected chi connectivity index (χ2v) is 3.98. The van der Waals surface area contributed by atoms with Gasteiger partial charge in [0.15, 0.2) is 0 Å². The zero-order chi connectivity index (χ0) is 12.1. The van der Waals surface area contributed by atoms with E-state index in [-0.39, 0.29) is 18.7 Å². The number of anilines is 1. The van der Waals surface area contributed by atoms with E-state index in [0.717, 1.165) is 0 Å². The topological polar surface area (TPSA) is 72.2 Å². The van der Waals surface area contributed by atoms with Crippen LogP contribution in [0.25, 0.3) is 0 Å². The molecular weight excluding hydrogens is 251 g/mol. The number of hydrogen-bond acceptors (Lipinski definition) is 2. The zero-order valence-corrected chi connectivity index (χ0v) is 9.81. The molecule has 0 radical (unpaired) electrons. The van der Waals surface area contributed by atoms with Crippen LogP contribution in [0.3, 0.4) is 0 Å². The fourth-order valence-electron chi connectivity index (χ4n) is 1.04. The van der Waals surface area contributed by atoms with Crippen LogP contribution < -0.4 is 11.1 Å². The number of nitrogens with two attached hydrogens (primary N) is 1. The molecule has 0 aliphatic carbocycles. The highest BCUT2D eigenvalue weighted by Crippen LogP contribution is 2.25. The fourth-order valence-corrected chi connectivity index (χ4v) is 1.38. The van der Waals surface area contributed by atoms with E-state index >= 15 is 0 Å². The zero-order valence-electron chi connectivity index (χ0n) is 8.30. The van der Waals surface area contributed by atoms with Gasteiger partial charge in [-0.1, -0.05) is 23.2 Å². The van der Waals surface area contributed by atoms with Gasteiger partial charge < -0.3 is 11.1 Å². The predicted octanol–water partition coefficient (Wildman–Crippen LogP) is 2.20. The van der Waals surface area contributed by atoms with Crippen molar-refractivity contribution in [2.45, 2.75) is 12.8 Å². The maximum absolute atomic E-state index is 11.4. The molecule has 0 fully saturated rings. The highest BCUT2D eigenvalue weighted by Gasteiger charge is 2.07. The summed E-state index contributed by atoms with van der Waals surface area (Å²) in [5.41, 5.74) is 5.34. The van der Waals surface area contributed by atoms with E-state index in [0.29, 0.717) is 15.7 Å². The average molecular weight is 261 g/mol. The lowest BCUT2D eigenvalue weighted by molar-refractivity contribution is -0.122. The van der Waals surface area contributed by atoms with Gasteiger partial charge in [-0.3, -0.25) is 9.59 Å². The Kier molecular flexibility index (Phi) is 4.58. The van der Waals surface area contributed by atoms with Crippen LogP contribution in [0, 0.1) is 0 Å². The van der Waals surface area contributed by atoms with E-state index in [4.69, 9.17) is 28.9 Å². The molecule has 6 heteroatoms. The van der Waals surface area contributed by atoms with Crippen molar-refractivity contribution < 1.29 is 9.59 Å². The van der Waals surface area contributed by atoms with Gasteiger partial charge in [-0.2, -0.15) is 0 Å². The molecule has 16 heavy (non-hydrogen) atoms. The van der Waals surface area contributed by atoms with Crippen LogP contribution in [0.2, 0.25) is 10.0 Å². The predicted molar refractivity (Wildman–Crippen MR) is 63.5 cm³/mol. The minimum Gasteiger partial charge on any atom is -0.370 e. The third kappa shape index (κ3) is 4.08. The Labute approximate surface area is 103 Å². The highest BCUT2D eigenvalue weighted by molar-refractivity contribution is 6.35. The summed E-state index contributed by atoms with van der Waals surface area (Å²) in [5.74, 6) is -0.852. The smallest absolute Gasteiger partial charge is 0.224 e. The molecule has 2 amide bonds. The van der Waals surface area contributed by atoms with Crippen molar-refractivity contribution in [1.29, 1.82) is 0 Å². The van der Waals surface area contributed by atoms with Crippen molar-refractivity contribution in [3.8, 4) is 0 Å². The number of benzene rings is 1. The maximum atomic E-state index is 11.4. The van der Waals surface area contributed by atoms with Gasteiger partial charge in [-0.05, 0) is 18.2 Å². The van der Waals surface area contributed by atoms with Crippen LogP contribution in [0.1, 0.15) is 12.8 Å². The molecule has 0 saturated heterocycles. The van der Waals surface area contributed by atoms with Gasteiger partial charge in [-0.25, -0.2) is 0 Å². The first-order valence-corrected chi connectivity index (χ1v) is 5.28. The number of halogens is 2. The molecule has 0 unspecified atom stereocenters. The van der Waals surface area contributed by atoms with Crippen LogP contribution >= 0.6 is 23.2 Å². The molecule has 86 valence electrons. The van der Waals surface area contributed by atoms with Crippen molar-refractivity contribution in [1.82, 2.24) is 0 Å². The fraction of sp³-hybridized carbons (Fsp3) is 0.200. The number of rotatable bonds is 4. The minimum atomic E-state index is -0.521. The second kappa shape index (κ2) is 5.72. The molecule has 3 N–H and O–H groups in total. The Morgan fingerprint density at radius 1 is 1.25 bits per heavy atom. The summed E-state index contributed by atoms with van der Waals surface area (Å²) in [4.78, 5) is 21.8. The van der Waals surface area contributed by atoms with Crippen LogP contribution in [0.5, 0.6) is 0 Å². The molecule has 0 heterocycles. The third-order valence-corrected chi connectivity index (χ3v) is 2.37. The van der Waals surface area contributed by atoms with Crippen LogP contribution in [0.15, 0.2) is 18.2 Å². The number of hydrogen-bond donors (Lipinski definition) is 2. The SMILES string of the molecule is NC(=O)CCC(=O)Nc1cc(Cl)ccc1Cl. The third-order valence-electron chi connectivity index (χ3n) is 1.80. The Hall–Kier alpha value is -1.26. The van der Waals surface area contributed by atoms with Gasteiger partial charge >= 0.3 is 0 Å². The summed E-state index contributed by atoms with van der Waals surface area (Å²) in [6, 6.07) is 4.72. The first-order valence-electron chi connectivity index (χ1n) is 4.52. The summed E-state index contributed by atoms with van der Waals surface area (Å²) in [6.07, 6.45) is 0.0300. The van der Waals surface area contributed by atoms with Crippen LogP contribution in [-0.4, -0.2) is 11.8 Å². The van der Waals surface area contributed by atoms with Gasteiger partial charge in [0.25, 0.3) is 0 Å². The standard InChI is InChI=1S/C10H10Cl2N2O2/c11-6-1-2-7(12)8(5-6)14-10(16)4-3-9(13)15/h1-2,5H,3-4H2,(H2,13,15)(H,14,16). The Balaban J connectivity index is 2.62. The van der Waals surface area contributed by atoms with Crippen molar-refractivity contribution in [3.63, 3.8) is 0 Å². The maximum Gasteiger partial charge on any atom is 0.224 e. The normalized spacial score (nSPS) is 9.88. The molecule has 1 aromatic rings. The number of carbonyl (C=O) groups is 2. The largest absolute Gasteiger partial charge is 0.370 e. The monoisotopic (exact) mass is 260 g/mol. The van der Waals surface area contributed by atoms with Gasteiger partial charge in [0, 0.05) is 17.9 Å². The van der Waals surface area contributed by atoms with E-state index in [1.54, 1.807) is 12.1 Å². The minimum absolute atomic E-state index is 0.00399. The molecule has 4 nitrogen and oxygen atoms in total.